The Bertz CT molecular complexity index is 2890. The second-order valence-electron chi connectivity index (χ2n) is 13.3. The van der Waals surface area contributed by atoms with E-state index in [4.69, 9.17) is 9.40 Å². The van der Waals surface area contributed by atoms with Crippen molar-refractivity contribution in [1.82, 2.24) is 4.98 Å². The summed E-state index contributed by atoms with van der Waals surface area (Å²) in [5.41, 5.74) is 10.7. The van der Waals surface area contributed by atoms with E-state index in [2.05, 4.69) is 169 Å². The summed E-state index contributed by atoms with van der Waals surface area (Å²) < 4.78 is 6.31. The molecule has 3 nitrogen and oxygen atoms in total. The molecule has 10 rings (SSSR count). The van der Waals surface area contributed by atoms with E-state index in [-0.39, 0.29) is 0 Å². The molecule has 0 atom stereocenters. The lowest BCUT2D eigenvalue weighted by molar-refractivity contribution is 0.623. The summed E-state index contributed by atoms with van der Waals surface area (Å²) in [7, 11) is 0. The van der Waals surface area contributed by atoms with Crippen LogP contribution in [0.25, 0.3) is 77.1 Å². The molecule has 0 fully saturated rings. The first-order valence-electron chi connectivity index (χ1n) is 17.6. The van der Waals surface area contributed by atoms with Crippen LogP contribution in [-0.4, -0.2) is 4.98 Å². The third kappa shape index (κ3) is 5.37. The van der Waals surface area contributed by atoms with Gasteiger partial charge in [-0.25, -0.2) is 4.98 Å². The molecule has 0 bridgehead atoms. The van der Waals surface area contributed by atoms with Crippen LogP contribution in [0.1, 0.15) is 0 Å². The van der Waals surface area contributed by atoms with E-state index in [1.165, 1.54) is 38.2 Å². The van der Waals surface area contributed by atoms with Crippen molar-refractivity contribution in [1.29, 1.82) is 0 Å². The number of benzene rings is 9. The predicted octanol–water partition coefficient (Wildman–Crippen LogP) is 13.8. The van der Waals surface area contributed by atoms with Gasteiger partial charge in [0.2, 0.25) is 5.89 Å². The molecular weight excluding hydrogens is 633 g/mol. The second-order valence-corrected chi connectivity index (χ2v) is 13.3. The Morgan fingerprint density at radius 1 is 0.346 bits per heavy atom. The van der Waals surface area contributed by atoms with Crippen LogP contribution in [-0.2, 0) is 0 Å². The smallest absolute Gasteiger partial charge is 0.227 e. The maximum Gasteiger partial charge on any atom is 0.227 e. The molecule has 10 aromatic rings. The fourth-order valence-electron chi connectivity index (χ4n) is 7.35. The lowest BCUT2D eigenvalue weighted by atomic mass is 9.98. The zero-order valence-corrected chi connectivity index (χ0v) is 28.3. The highest BCUT2D eigenvalue weighted by Crippen LogP contribution is 2.39. The highest BCUT2D eigenvalue weighted by Gasteiger charge is 2.15. The molecule has 0 spiro atoms. The van der Waals surface area contributed by atoms with Crippen molar-refractivity contribution in [3.05, 3.63) is 194 Å². The van der Waals surface area contributed by atoms with Crippen molar-refractivity contribution < 1.29 is 4.42 Å². The minimum atomic E-state index is 0.642. The van der Waals surface area contributed by atoms with Gasteiger partial charge < -0.3 is 9.32 Å². The van der Waals surface area contributed by atoms with Crippen LogP contribution < -0.4 is 4.90 Å². The summed E-state index contributed by atoms with van der Waals surface area (Å²) in [5.74, 6) is 0.642. The molecule has 0 aliphatic rings. The largest absolute Gasteiger partial charge is 0.435 e. The van der Waals surface area contributed by atoms with Crippen molar-refractivity contribution in [3.8, 4) is 33.7 Å². The third-order valence-corrected chi connectivity index (χ3v) is 10.0. The van der Waals surface area contributed by atoms with Crippen molar-refractivity contribution >= 4 is 60.5 Å². The zero-order chi connectivity index (χ0) is 34.4. The first-order chi connectivity index (χ1) is 25.7. The van der Waals surface area contributed by atoms with Gasteiger partial charge in [-0.1, -0.05) is 115 Å². The second kappa shape index (κ2) is 12.4. The Hall–Kier alpha value is -6.97. The molecule has 1 aromatic heterocycles. The van der Waals surface area contributed by atoms with Gasteiger partial charge in [-0.2, -0.15) is 0 Å². The van der Waals surface area contributed by atoms with Crippen molar-refractivity contribution in [2.75, 3.05) is 4.90 Å². The molecule has 0 aliphatic carbocycles. The SMILES string of the molecule is c1ccc(-c2nc3ccc4cc(-c5ccc6ccc(N(c7ccccc7)c7ccc(-c8ccc9ccccc9c8)cc7)cc6c5)ccc4c3o2)cc1. The van der Waals surface area contributed by atoms with Crippen LogP contribution in [0.5, 0.6) is 0 Å². The lowest BCUT2D eigenvalue weighted by Crippen LogP contribution is -2.09. The number of hydrogen-bond donors (Lipinski definition) is 0. The number of aromatic nitrogens is 1. The summed E-state index contributed by atoms with van der Waals surface area (Å²) in [4.78, 5) is 7.10. The van der Waals surface area contributed by atoms with Gasteiger partial charge in [0.05, 0.1) is 0 Å². The van der Waals surface area contributed by atoms with Crippen molar-refractivity contribution in [2.24, 2.45) is 0 Å². The van der Waals surface area contributed by atoms with Crippen LogP contribution in [0.4, 0.5) is 17.1 Å². The molecule has 0 radical (unpaired) electrons. The monoisotopic (exact) mass is 664 g/mol. The lowest BCUT2D eigenvalue weighted by Gasteiger charge is -2.26. The van der Waals surface area contributed by atoms with Gasteiger partial charge >= 0.3 is 0 Å². The average Bonchev–Trinajstić information content (AvgIpc) is 3.67. The van der Waals surface area contributed by atoms with E-state index >= 15 is 0 Å². The molecule has 0 saturated heterocycles. The quantitative estimate of drug-likeness (QED) is 0.177. The number of oxazole rings is 1. The number of hydrogen-bond acceptors (Lipinski definition) is 3. The van der Waals surface area contributed by atoms with Crippen LogP contribution >= 0.6 is 0 Å². The highest BCUT2D eigenvalue weighted by molar-refractivity contribution is 6.05. The Balaban J connectivity index is 1.01. The van der Waals surface area contributed by atoms with Gasteiger partial charge in [-0.05, 0) is 128 Å². The van der Waals surface area contributed by atoms with E-state index in [0.717, 1.165) is 50.1 Å². The fourth-order valence-corrected chi connectivity index (χ4v) is 7.35. The Morgan fingerprint density at radius 3 is 1.67 bits per heavy atom. The molecule has 52 heavy (non-hydrogen) atoms. The number of fused-ring (bicyclic) bond motifs is 5. The molecule has 0 amide bonds. The predicted molar refractivity (Wildman–Crippen MR) is 218 cm³/mol. The maximum atomic E-state index is 6.31. The molecule has 0 aliphatic heterocycles. The molecule has 3 heteroatoms. The van der Waals surface area contributed by atoms with Crippen molar-refractivity contribution in [3.63, 3.8) is 0 Å². The number of rotatable bonds is 6. The van der Waals surface area contributed by atoms with Gasteiger partial charge in [0.1, 0.15) is 5.52 Å². The summed E-state index contributed by atoms with van der Waals surface area (Å²) in [6, 6.07) is 69.0. The normalized spacial score (nSPS) is 11.5. The van der Waals surface area contributed by atoms with E-state index in [1.807, 2.05) is 30.3 Å². The minimum absolute atomic E-state index is 0.642. The van der Waals surface area contributed by atoms with Crippen LogP contribution in [0.2, 0.25) is 0 Å². The Morgan fingerprint density at radius 2 is 0.885 bits per heavy atom. The number of anilines is 3. The van der Waals surface area contributed by atoms with Crippen molar-refractivity contribution in [2.45, 2.75) is 0 Å². The first kappa shape index (κ1) is 29.9. The standard InChI is InChI=1S/C49H32N2O/c1-3-10-36(11-4-1)49-50-47-28-23-41-30-40(22-27-46(41)48(47)52-49)39-18-16-35-21-26-45(32-42(35)31-39)51(43-13-5-2-6-14-43)44-24-19-34(20-25-44)38-17-15-33-9-7-8-12-37(33)29-38/h1-32H. The zero-order valence-electron chi connectivity index (χ0n) is 28.3. The summed E-state index contributed by atoms with van der Waals surface area (Å²) in [6.45, 7) is 0. The van der Waals surface area contributed by atoms with Gasteiger partial charge in [-0.15, -0.1) is 0 Å². The third-order valence-electron chi connectivity index (χ3n) is 10.0. The summed E-state index contributed by atoms with van der Waals surface area (Å²) in [5, 5.41) is 7.07. The first-order valence-corrected chi connectivity index (χ1v) is 17.6. The minimum Gasteiger partial charge on any atom is -0.435 e. The molecule has 9 aromatic carbocycles. The Labute approximate surface area is 301 Å². The van der Waals surface area contributed by atoms with Gasteiger partial charge in [0.25, 0.3) is 0 Å². The number of para-hydroxylation sites is 1. The van der Waals surface area contributed by atoms with E-state index in [9.17, 15) is 0 Å². The van der Waals surface area contributed by atoms with Crippen LogP contribution in [0.3, 0.4) is 0 Å². The van der Waals surface area contributed by atoms with E-state index in [0.29, 0.717) is 5.89 Å². The van der Waals surface area contributed by atoms with Crippen LogP contribution in [0.15, 0.2) is 199 Å². The average molecular weight is 665 g/mol. The van der Waals surface area contributed by atoms with Gasteiger partial charge in [0, 0.05) is 28.0 Å². The van der Waals surface area contributed by atoms with E-state index in [1.54, 1.807) is 0 Å². The molecular formula is C49H32N2O. The highest BCUT2D eigenvalue weighted by atomic mass is 16.3. The Kier molecular flexibility index (Phi) is 7.14. The van der Waals surface area contributed by atoms with E-state index < -0.39 is 0 Å². The number of nitrogens with zero attached hydrogens (tertiary/aromatic N) is 2. The van der Waals surface area contributed by atoms with Gasteiger partial charge in [0.15, 0.2) is 5.58 Å². The molecule has 0 saturated carbocycles. The summed E-state index contributed by atoms with van der Waals surface area (Å²) in [6.07, 6.45) is 0. The van der Waals surface area contributed by atoms with Crippen LogP contribution in [0, 0.1) is 0 Å². The topological polar surface area (TPSA) is 29.3 Å². The molecule has 244 valence electrons. The molecule has 0 N–H and O–H groups in total. The molecule has 1 heterocycles. The van der Waals surface area contributed by atoms with Gasteiger partial charge in [-0.3, -0.25) is 0 Å². The molecule has 0 unspecified atom stereocenters. The summed E-state index contributed by atoms with van der Waals surface area (Å²) >= 11 is 0. The fraction of sp³-hybridized carbons (Fsp3) is 0. The maximum absolute atomic E-state index is 6.31.